The summed E-state index contributed by atoms with van der Waals surface area (Å²) in [5.41, 5.74) is 0.271. The quantitative estimate of drug-likeness (QED) is 0.822. The molecule has 0 aliphatic heterocycles. The fourth-order valence-corrected chi connectivity index (χ4v) is 1.85. The van der Waals surface area contributed by atoms with E-state index >= 15 is 0 Å². The van der Waals surface area contributed by atoms with Crippen LogP contribution in [0.1, 0.15) is 26.3 Å². The zero-order chi connectivity index (χ0) is 14.5. The van der Waals surface area contributed by atoms with E-state index in [9.17, 15) is 4.79 Å². The van der Waals surface area contributed by atoms with Crippen LogP contribution in [0.2, 0.25) is 0 Å². The van der Waals surface area contributed by atoms with Crippen molar-refractivity contribution in [1.82, 2.24) is 10.6 Å². The Morgan fingerprint density at radius 1 is 1.37 bits per heavy atom. The number of nitrogens with one attached hydrogen (secondary N) is 2. The molecule has 0 bridgehead atoms. The van der Waals surface area contributed by atoms with E-state index in [1.165, 1.54) is 0 Å². The van der Waals surface area contributed by atoms with Crippen LogP contribution in [0.3, 0.4) is 0 Å². The molecule has 0 aliphatic carbocycles. The fourth-order valence-electron chi connectivity index (χ4n) is 1.85. The van der Waals surface area contributed by atoms with Crippen molar-refractivity contribution >= 4 is 5.91 Å². The Morgan fingerprint density at radius 3 is 2.58 bits per heavy atom. The van der Waals surface area contributed by atoms with Crippen LogP contribution in [0.4, 0.5) is 0 Å². The highest BCUT2D eigenvalue weighted by molar-refractivity contribution is 5.88. The summed E-state index contributed by atoms with van der Waals surface area (Å²) in [5, 5.41) is 6.06. The SMILES string of the molecule is CNC(C)CNC(=O)C(C)(C)c1ccccc1OC. The maximum atomic E-state index is 12.4. The first-order valence-corrected chi connectivity index (χ1v) is 6.52. The first-order valence-electron chi connectivity index (χ1n) is 6.52. The van der Waals surface area contributed by atoms with Crippen LogP contribution in [0, 0.1) is 0 Å². The number of carbonyl (C=O) groups excluding carboxylic acids is 1. The monoisotopic (exact) mass is 264 g/mol. The second-order valence-corrected chi connectivity index (χ2v) is 5.23. The molecule has 106 valence electrons. The van der Waals surface area contributed by atoms with E-state index in [-0.39, 0.29) is 11.9 Å². The van der Waals surface area contributed by atoms with E-state index in [1.807, 2.05) is 52.1 Å². The minimum absolute atomic E-state index is 0.000833. The molecule has 0 radical (unpaired) electrons. The van der Waals surface area contributed by atoms with Gasteiger partial charge in [-0.2, -0.15) is 0 Å². The Morgan fingerprint density at radius 2 is 2.00 bits per heavy atom. The van der Waals surface area contributed by atoms with Gasteiger partial charge in [0.2, 0.25) is 5.91 Å². The lowest BCUT2D eigenvalue weighted by Crippen LogP contribution is -2.45. The standard InChI is InChI=1S/C15H24N2O2/c1-11(16-4)10-17-14(18)15(2,3)12-8-6-7-9-13(12)19-5/h6-9,11,16H,10H2,1-5H3,(H,17,18). The van der Waals surface area contributed by atoms with Crippen LogP contribution in [0.5, 0.6) is 5.75 Å². The molecule has 0 heterocycles. The lowest BCUT2D eigenvalue weighted by molar-refractivity contribution is -0.125. The smallest absolute Gasteiger partial charge is 0.230 e. The number of rotatable bonds is 6. The molecular weight excluding hydrogens is 240 g/mol. The zero-order valence-electron chi connectivity index (χ0n) is 12.4. The van der Waals surface area contributed by atoms with Gasteiger partial charge in [0.05, 0.1) is 12.5 Å². The topological polar surface area (TPSA) is 50.4 Å². The van der Waals surface area contributed by atoms with Crippen LogP contribution in [0.25, 0.3) is 0 Å². The molecule has 0 saturated carbocycles. The van der Waals surface area contributed by atoms with E-state index < -0.39 is 5.41 Å². The average molecular weight is 264 g/mol. The lowest BCUT2D eigenvalue weighted by atomic mass is 9.83. The Bertz CT molecular complexity index is 430. The van der Waals surface area contributed by atoms with Gasteiger partial charge >= 0.3 is 0 Å². The fraction of sp³-hybridized carbons (Fsp3) is 0.533. The summed E-state index contributed by atoms with van der Waals surface area (Å²) in [7, 11) is 3.50. The molecule has 1 aromatic carbocycles. The van der Waals surface area contributed by atoms with E-state index in [4.69, 9.17) is 4.74 Å². The van der Waals surface area contributed by atoms with Crippen molar-refractivity contribution < 1.29 is 9.53 Å². The summed E-state index contributed by atoms with van der Waals surface area (Å²) < 4.78 is 5.34. The van der Waals surface area contributed by atoms with Gasteiger partial charge in [-0.15, -0.1) is 0 Å². The number of hydrogen-bond acceptors (Lipinski definition) is 3. The number of methoxy groups -OCH3 is 1. The lowest BCUT2D eigenvalue weighted by Gasteiger charge is -2.26. The van der Waals surface area contributed by atoms with Crippen molar-refractivity contribution in [3.63, 3.8) is 0 Å². The number of amides is 1. The molecule has 1 aromatic rings. The van der Waals surface area contributed by atoms with Crippen molar-refractivity contribution in [1.29, 1.82) is 0 Å². The van der Waals surface area contributed by atoms with Crippen LogP contribution in [-0.2, 0) is 10.2 Å². The Kier molecular flexibility index (Phi) is 5.36. The predicted molar refractivity (Wildman–Crippen MR) is 77.6 cm³/mol. The Labute approximate surface area is 115 Å². The molecule has 0 fully saturated rings. The summed E-state index contributed by atoms with van der Waals surface area (Å²) in [5.74, 6) is 0.739. The Hall–Kier alpha value is -1.55. The third-order valence-electron chi connectivity index (χ3n) is 3.41. The predicted octanol–water partition coefficient (Wildman–Crippen LogP) is 1.70. The van der Waals surface area contributed by atoms with Crippen LogP contribution in [-0.4, -0.2) is 32.7 Å². The van der Waals surface area contributed by atoms with E-state index in [0.717, 1.165) is 11.3 Å². The average Bonchev–Trinajstić information content (AvgIpc) is 2.43. The molecule has 0 aliphatic rings. The molecule has 4 nitrogen and oxygen atoms in total. The van der Waals surface area contributed by atoms with Crippen molar-refractivity contribution in [3.05, 3.63) is 29.8 Å². The first-order chi connectivity index (χ1) is 8.93. The van der Waals surface area contributed by atoms with Gasteiger partial charge in [0, 0.05) is 18.2 Å². The summed E-state index contributed by atoms with van der Waals surface area (Å²) >= 11 is 0. The number of likely N-dealkylation sites (N-methyl/N-ethyl adjacent to an activating group) is 1. The molecule has 1 amide bonds. The van der Waals surface area contributed by atoms with Gasteiger partial charge in [-0.25, -0.2) is 0 Å². The van der Waals surface area contributed by atoms with Crippen LogP contribution < -0.4 is 15.4 Å². The molecule has 0 aromatic heterocycles. The van der Waals surface area contributed by atoms with Gasteiger partial charge in [0.1, 0.15) is 5.75 Å². The third kappa shape index (κ3) is 3.70. The van der Waals surface area contributed by atoms with E-state index in [1.54, 1.807) is 7.11 Å². The number of benzene rings is 1. The summed E-state index contributed by atoms with van der Waals surface area (Å²) in [6.45, 7) is 6.44. The molecule has 0 saturated heterocycles. The van der Waals surface area contributed by atoms with Gasteiger partial charge in [0.15, 0.2) is 0 Å². The van der Waals surface area contributed by atoms with Gasteiger partial charge in [-0.3, -0.25) is 4.79 Å². The maximum Gasteiger partial charge on any atom is 0.230 e. The minimum atomic E-state index is -0.625. The summed E-state index contributed by atoms with van der Waals surface area (Å²) in [6, 6.07) is 7.88. The highest BCUT2D eigenvalue weighted by atomic mass is 16.5. The van der Waals surface area contributed by atoms with Crippen LogP contribution >= 0.6 is 0 Å². The first kappa shape index (κ1) is 15.5. The molecule has 1 rings (SSSR count). The molecule has 4 heteroatoms. The highest BCUT2D eigenvalue weighted by Gasteiger charge is 2.32. The third-order valence-corrected chi connectivity index (χ3v) is 3.41. The normalized spacial score (nSPS) is 12.9. The Balaban J connectivity index is 2.87. The molecule has 1 atom stereocenters. The molecule has 19 heavy (non-hydrogen) atoms. The highest BCUT2D eigenvalue weighted by Crippen LogP contribution is 2.31. The van der Waals surface area contributed by atoms with Gasteiger partial charge in [-0.1, -0.05) is 18.2 Å². The minimum Gasteiger partial charge on any atom is -0.496 e. The second-order valence-electron chi connectivity index (χ2n) is 5.23. The number of hydrogen-bond donors (Lipinski definition) is 2. The largest absolute Gasteiger partial charge is 0.496 e. The van der Waals surface area contributed by atoms with Crippen molar-refractivity contribution in [3.8, 4) is 5.75 Å². The van der Waals surface area contributed by atoms with Crippen molar-refractivity contribution in [2.24, 2.45) is 0 Å². The van der Waals surface area contributed by atoms with E-state index in [0.29, 0.717) is 6.54 Å². The van der Waals surface area contributed by atoms with Gasteiger partial charge in [-0.05, 0) is 33.9 Å². The van der Waals surface area contributed by atoms with Crippen molar-refractivity contribution in [2.45, 2.75) is 32.2 Å². The second kappa shape index (κ2) is 6.57. The molecule has 1 unspecified atom stereocenters. The molecule has 2 N–H and O–H groups in total. The number of carbonyl (C=O) groups is 1. The summed E-state index contributed by atoms with van der Waals surface area (Å²) in [6.07, 6.45) is 0. The zero-order valence-corrected chi connectivity index (χ0v) is 12.4. The van der Waals surface area contributed by atoms with Gasteiger partial charge in [0.25, 0.3) is 0 Å². The summed E-state index contributed by atoms with van der Waals surface area (Å²) in [4.78, 5) is 12.4. The van der Waals surface area contributed by atoms with E-state index in [2.05, 4.69) is 10.6 Å². The number of para-hydroxylation sites is 1. The number of ether oxygens (including phenoxy) is 1. The molecular formula is C15H24N2O2. The van der Waals surface area contributed by atoms with Crippen molar-refractivity contribution in [2.75, 3.05) is 20.7 Å². The van der Waals surface area contributed by atoms with Crippen LogP contribution in [0.15, 0.2) is 24.3 Å². The molecule has 0 spiro atoms. The maximum absolute atomic E-state index is 12.4. The van der Waals surface area contributed by atoms with Gasteiger partial charge < -0.3 is 15.4 Å².